The lowest BCUT2D eigenvalue weighted by atomic mass is 10.1. The van der Waals surface area contributed by atoms with Gasteiger partial charge in [0.05, 0.1) is 12.6 Å². The second-order valence-electron chi connectivity index (χ2n) is 5.79. The van der Waals surface area contributed by atoms with E-state index in [1.54, 1.807) is 0 Å². The zero-order valence-electron chi connectivity index (χ0n) is 14.2. The van der Waals surface area contributed by atoms with Gasteiger partial charge in [-0.25, -0.2) is 0 Å². The third kappa shape index (κ3) is 5.02. The topological polar surface area (TPSA) is 39.7 Å². The predicted octanol–water partition coefficient (Wildman–Crippen LogP) is 2.79. The summed E-state index contributed by atoms with van der Waals surface area (Å²) < 4.78 is 0. The van der Waals surface area contributed by atoms with Crippen LogP contribution in [0.5, 0.6) is 0 Å². The molecule has 0 bridgehead atoms. The lowest BCUT2D eigenvalue weighted by molar-refractivity contribution is 0.224. The molecular formula is C18H30N4. The number of likely N-dealkylation sites (N-methyl/N-ethyl adjacent to an activating group) is 1. The van der Waals surface area contributed by atoms with E-state index in [4.69, 9.17) is 4.99 Å². The van der Waals surface area contributed by atoms with Gasteiger partial charge in [-0.2, -0.15) is 0 Å². The number of hydrogen-bond donors (Lipinski definition) is 2. The number of nitrogens with zero attached hydrogens (tertiary/aromatic N) is 2. The molecule has 0 heterocycles. The molecule has 2 N–H and O–H groups in total. The van der Waals surface area contributed by atoms with E-state index in [-0.39, 0.29) is 0 Å². The molecule has 4 nitrogen and oxygen atoms in total. The molecule has 0 spiro atoms. The Labute approximate surface area is 135 Å². The highest BCUT2D eigenvalue weighted by molar-refractivity contribution is 5.80. The van der Waals surface area contributed by atoms with Crippen molar-refractivity contribution in [3.05, 3.63) is 35.9 Å². The number of aliphatic imine (C=N–C) groups is 1. The molecule has 1 aliphatic rings. The van der Waals surface area contributed by atoms with Crippen molar-refractivity contribution in [1.29, 1.82) is 0 Å². The van der Waals surface area contributed by atoms with E-state index in [1.807, 2.05) is 0 Å². The Balaban J connectivity index is 2.10. The van der Waals surface area contributed by atoms with Gasteiger partial charge in [-0.05, 0) is 38.4 Å². The maximum Gasteiger partial charge on any atom is 0.191 e. The van der Waals surface area contributed by atoms with Gasteiger partial charge in [0.1, 0.15) is 0 Å². The van der Waals surface area contributed by atoms with E-state index in [2.05, 4.69) is 66.6 Å². The van der Waals surface area contributed by atoms with E-state index in [0.717, 1.165) is 32.1 Å². The Hall–Kier alpha value is -1.55. The first-order valence-corrected chi connectivity index (χ1v) is 8.62. The number of guanidine groups is 1. The summed E-state index contributed by atoms with van der Waals surface area (Å²) in [7, 11) is 0. The molecule has 0 saturated heterocycles. The van der Waals surface area contributed by atoms with Gasteiger partial charge >= 0.3 is 0 Å². The molecule has 0 radical (unpaired) electrons. The van der Waals surface area contributed by atoms with Crippen LogP contribution >= 0.6 is 0 Å². The number of rotatable bonds is 8. The van der Waals surface area contributed by atoms with Crippen molar-refractivity contribution < 1.29 is 0 Å². The fourth-order valence-electron chi connectivity index (χ4n) is 2.69. The molecule has 1 unspecified atom stereocenters. The average Bonchev–Trinajstić information content (AvgIpc) is 3.36. The van der Waals surface area contributed by atoms with E-state index >= 15 is 0 Å². The van der Waals surface area contributed by atoms with Crippen molar-refractivity contribution >= 4 is 5.96 Å². The summed E-state index contributed by atoms with van der Waals surface area (Å²) in [6.45, 7) is 10.3. The quantitative estimate of drug-likeness (QED) is 0.573. The minimum Gasteiger partial charge on any atom is -0.357 e. The van der Waals surface area contributed by atoms with Crippen LogP contribution in [0.15, 0.2) is 35.3 Å². The first-order valence-electron chi connectivity index (χ1n) is 8.62. The molecule has 1 aromatic rings. The predicted molar refractivity (Wildman–Crippen MR) is 94.2 cm³/mol. The Bertz CT molecular complexity index is 449. The molecule has 1 fully saturated rings. The molecule has 4 heteroatoms. The van der Waals surface area contributed by atoms with Gasteiger partial charge in [0.25, 0.3) is 0 Å². The SMILES string of the molecule is CCNC(=NCC(c1ccccc1)N(CC)CC)NC1CC1. The molecule has 1 atom stereocenters. The molecule has 22 heavy (non-hydrogen) atoms. The van der Waals surface area contributed by atoms with Gasteiger partial charge in [-0.1, -0.05) is 44.2 Å². The van der Waals surface area contributed by atoms with Crippen molar-refractivity contribution in [3.63, 3.8) is 0 Å². The monoisotopic (exact) mass is 302 g/mol. The number of hydrogen-bond acceptors (Lipinski definition) is 2. The van der Waals surface area contributed by atoms with Crippen molar-refractivity contribution in [1.82, 2.24) is 15.5 Å². The van der Waals surface area contributed by atoms with E-state index in [0.29, 0.717) is 12.1 Å². The summed E-state index contributed by atoms with van der Waals surface area (Å²) >= 11 is 0. The van der Waals surface area contributed by atoms with Gasteiger partial charge in [0.2, 0.25) is 0 Å². The third-order valence-corrected chi connectivity index (χ3v) is 4.12. The summed E-state index contributed by atoms with van der Waals surface area (Å²) in [5, 5.41) is 6.85. The first-order chi connectivity index (χ1) is 10.8. The Morgan fingerprint density at radius 3 is 2.41 bits per heavy atom. The molecular weight excluding hydrogens is 272 g/mol. The van der Waals surface area contributed by atoms with Crippen molar-refractivity contribution in [2.75, 3.05) is 26.2 Å². The van der Waals surface area contributed by atoms with Crippen LogP contribution < -0.4 is 10.6 Å². The van der Waals surface area contributed by atoms with Crippen LogP contribution in [0.25, 0.3) is 0 Å². The van der Waals surface area contributed by atoms with Gasteiger partial charge in [-0.3, -0.25) is 9.89 Å². The smallest absolute Gasteiger partial charge is 0.191 e. The minimum absolute atomic E-state index is 0.339. The number of nitrogens with one attached hydrogen (secondary N) is 2. The van der Waals surface area contributed by atoms with Crippen molar-refractivity contribution in [3.8, 4) is 0 Å². The second-order valence-corrected chi connectivity index (χ2v) is 5.79. The third-order valence-electron chi connectivity index (χ3n) is 4.12. The minimum atomic E-state index is 0.339. The van der Waals surface area contributed by atoms with E-state index in [9.17, 15) is 0 Å². The highest BCUT2D eigenvalue weighted by Crippen LogP contribution is 2.21. The van der Waals surface area contributed by atoms with Gasteiger partial charge in [0.15, 0.2) is 5.96 Å². The van der Waals surface area contributed by atoms with Crippen LogP contribution in [0.4, 0.5) is 0 Å². The summed E-state index contributed by atoms with van der Waals surface area (Å²) in [4.78, 5) is 7.31. The molecule has 1 aromatic carbocycles. The maximum atomic E-state index is 4.84. The highest BCUT2D eigenvalue weighted by atomic mass is 15.2. The van der Waals surface area contributed by atoms with Crippen LogP contribution in [0.1, 0.15) is 45.2 Å². The lowest BCUT2D eigenvalue weighted by Gasteiger charge is -2.29. The van der Waals surface area contributed by atoms with E-state index < -0.39 is 0 Å². The molecule has 2 rings (SSSR count). The summed E-state index contributed by atoms with van der Waals surface area (Å²) in [5.41, 5.74) is 1.34. The van der Waals surface area contributed by atoms with Crippen LogP contribution in [0, 0.1) is 0 Å². The molecule has 1 aliphatic carbocycles. The van der Waals surface area contributed by atoms with Crippen molar-refractivity contribution in [2.45, 2.75) is 45.7 Å². The van der Waals surface area contributed by atoms with Crippen LogP contribution in [-0.2, 0) is 0 Å². The molecule has 0 amide bonds. The van der Waals surface area contributed by atoms with Gasteiger partial charge < -0.3 is 10.6 Å². The van der Waals surface area contributed by atoms with Gasteiger partial charge in [0, 0.05) is 12.6 Å². The largest absolute Gasteiger partial charge is 0.357 e. The summed E-state index contributed by atoms with van der Waals surface area (Å²) in [5.74, 6) is 0.957. The van der Waals surface area contributed by atoms with Crippen LogP contribution in [0.3, 0.4) is 0 Å². The Morgan fingerprint density at radius 1 is 1.18 bits per heavy atom. The summed E-state index contributed by atoms with van der Waals surface area (Å²) in [6, 6.07) is 11.7. The fourth-order valence-corrected chi connectivity index (χ4v) is 2.69. The van der Waals surface area contributed by atoms with E-state index in [1.165, 1.54) is 18.4 Å². The molecule has 0 aliphatic heterocycles. The van der Waals surface area contributed by atoms with Crippen LogP contribution in [0.2, 0.25) is 0 Å². The first kappa shape index (κ1) is 16.8. The van der Waals surface area contributed by atoms with Crippen molar-refractivity contribution in [2.24, 2.45) is 4.99 Å². The molecule has 122 valence electrons. The van der Waals surface area contributed by atoms with Gasteiger partial charge in [-0.15, -0.1) is 0 Å². The molecule has 0 aromatic heterocycles. The highest BCUT2D eigenvalue weighted by Gasteiger charge is 2.23. The average molecular weight is 302 g/mol. The summed E-state index contributed by atoms with van der Waals surface area (Å²) in [6.07, 6.45) is 2.53. The standard InChI is InChI=1S/C18H30N4/c1-4-19-18(21-16-12-13-16)20-14-17(22(5-2)6-3)15-10-8-7-9-11-15/h7-11,16-17H,4-6,12-14H2,1-3H3,(H2,19,20,21). The second kappa shape index (κ2) is 8.79. The Kier molecular flexibility index (Phi) is 6.72. The fraction of sp³-hybridized carbons (Fsp3) is 0.611. The maximum absolute atomic E-state index is 4.84. The Morgan fingerprint density at radius 2 is 1.86 bits per heavy atom. The lowest BCUT2D eigenvalue weighted by Crippen LogP contribution is -2.39. The molecule has 1 saturated carbocycles. The number of benzene rings is 1. The zero-order chi connectivity index (χ0) is 15.8. The van der Waals surface area contributed by atoms with Crippen LogP contribution in [-0.4, -0.2) is 43.1 Å². The normalized spacial score (nSPS) is 16.6. The zero-order valence-corrected chi connectivity index (χ0v) is 14.2.